The Hall–Kier alpha value is -2.48. The number of piperazine rings is 1. The molecule has 0 aromatic heterocycles. The topological polar surface area (TPSA) is 73.0 Å². The van der Waals surface area contributed by atoms with Crippen molar-refractivity contribution in [2.45, 2.75) is 38.3 Å². The van der Waals surface area contributed by atoms with Gasteiger partial charge in [-0.2, -0.15) is 0 Å². The fraction of sp³-hybridized carbons (Fsp3) is 0.571. The van der Waals surface area contributed by atoms with Crippen molar-refractivity contribution in [1.82, 2.24) is 20.0 Å². The van der Waals surface area contributed by atoms with Gasteiger partial charge in [0.1, 0.15) is 17.9 Å². The summed E-state index contributed by atoms with van der Waals surface area (Å²) in [7, 11) is 0. The molecule has 8 heteroatoms. The zero-order chi connectivity index (χ0) is 20.8. The first-order valence-electron chi connectivity index (χ1n) is 10.2. The van der Waals surface area contributed by atoms with Crippen LogP contribution in [0.15, 0.2) is 24.3 Å². The number of carbonyl (C=O) groups is 3. The van der Waals surface area contributed by atoms with Crippen LogP contribution < -0.4 is 5.32 Å². The number of halogens is 1. The molecule has 2 atom stereocenters. The van der Waals surface area contributed by atoms with E-state index in [4.69, 9.17) is 0 Å². The highest BCUT2D eigenvalue weighted by molar-refractivity contribution is 6.09. The maximum absolute atomic E-state index is 14.1. The molecule has 1 aliphatic carbocycles. The van der Waals surface area contributed by atoms with Gasteiger partial charge in [0, 0.05) is 37.8 Å². The zero-order valence-corrected chi connectivity index (χ0v) is 16.9. The van der Waals surface area contributed by atoms with Crippen molar-refractivity contribution in [3.63, 3.8) is 0 Å². The van der Waals surface area contributed by atoms with E-state index in [1.165, 1.54) is 6.07 Å². The Kier molecular flexibility index (Phi) is 5.06. The lowest BCUT2D eigenvalue weighted by Crippen LogP contribution is -2.52. The van der Waals surface area contributed by atoms with Crippen molar-refractivity contribution >= 4 is 17.8 Å². The summed E-state index contributed by atoms with van der Waals surface area (Å²) in [6, 6.07) is 6.17. The summed E-state index contributed by atoms with van der Waals surface area (Å²) in [5.41, 5.74) is -0.225. The van der Waals surface area contributed by atoms with Crippen molar-refractivity contribution < 1.29 is 18.8 Å². The van der Waals surface area contributed by atoms with E-state index in [1.807, 2.05) is 13.0 Å². The molecule has 1 aromatic carbocycles. The van der Waals surface area contributed by atoms with Crippen LogP contribution >= 0.6 is 0 Å². The molecular formula is C21H27FN4O3. The molecule has 2 unspecified atom stereocenters. The maximum Gasteiger partial charge on any atom is 0.325 e. The van der Waals surface area contributed by atoms with Crippen molar-refractivity contribution in [2.75, 3.05) is 32.7 Å². The summed E-state index contributed by atoms with van der Waals surface area (Å²) in [6.07, 6.45) is 1.85. The Balaban J connectivity index is 1.33. The van der Waals surface area contributed by atoms with Gasteiger partial charge in [0.25, 0.3) is 5.91 Å². The van der Waals surface area contributed by atoms with Gasteiger partial charge in [0.2, 0.25) is 5.91 Å². The Bertz CT molecular complexity index is 835. The van der Waals surface area contributed by atoms with Crippen LogP contribution in [0.1, 0.15) is 38.3 Å². The highest BCUT2D eigenvalue weighted by atomic mass is 19.1. The van der Waals surface area contributed by atoms with E-state index in [9.17, 15) is 18.8 Å². The van der Waals surface area contributed by atoms with Crippen LogP contribution in [0.25, 0.3) is 0 Å². The number of nitrogens with one attached hydrogen (secondary N) is 1. The van der Waals surface area contributed by atoms with E-state index in [2.05, 4.69) is 10.2 Å². The highest BCUT2D eigenvalue weighted by Gasteiger charge is 2.56. The molecule has 3 aliphatic rings. The molecule has 156 valence electrons. The van der Waals surface area contributed by atoms with E-state index in [0.717, 1.165) is 17.7 Å². The number of benzene rings is 1. The van der Waals surface area contributed by atoms with Crippen LogP contribution in [0.3, 0.4) is 0 Å². The first kappa shape index (κ1) is 19.8. The van der Waals surface area contributed by atoms with E-state index >= 15 is 0 Å². The molecule has 1 aromatic rings. The molecule has 3 fully saturated rings. The molecule has 1 N–H and O–H groups in total. The Morgan fingerprint density at radius 3 is 2.48 bits per heavy atom. The molecule has 1 saturated carbocycles. The molecule has 2 aliphatic heterocycles. The highest BCUT2D eigenvalue weighted by Crippen LogP contribution is 2.42. The molecule has 29 heavy (non-hydrogen) atoms. The largest absolute Gasteiger partial charge is 0.339 e. The Morgan fingerprint density at radius 1 is 1.21 bits per heavy atom. The lowest BCUT2D eigenvalue weighted by atomic mass is 9.96. The van der Waals surface area contributed by atoms with Crippen molar-refractivity contribution in [3.05, 3.63) is 35.6 Å². The van der Waals surface area contributed by atoms with Gasteiger partial charge in [-0.15, -0.1) is 0 Å². The third kappa shape index (κ3) is 3.61. The number of urea groups is 1. The van der Waals surface area contributed by atoms with Gasteiger partial charge in [-0.1, -0.05) is 18.2 Å². The minimum absolute atomic E-state index is 0.0846. The molecule has 7 nitrogen and oxygen atoms in total. The molecular weight excluding hydrogens is 375 g/mol. The standard InChI is InChI=1S/C21H27FN4O3/c1-14(16-5-3-4-6-17(16)22)24-9-11-25(12-10-24)18(27)13-26-19(28)21(2,15-7-8-15)23-20(26)29/h3-6,14-15H,7-13H2,1-2H3,(H,23,29). The third-order valence-corrected chi connectivity index (χ3v) is 6.56. The van der Waals surface area contributed by atoms with Crippen LogP contribution in [-0.4, -0.2) is 70.8 Å². The van der Waals surface area contributed by atoms with Crippen LogP contribution in [0.4, 0.5) is 9.18 Å². The predicted octanol–water partition coefficient (Wildman–Crippen LogP) is 1.75. The minimum atomic E-state index is -0.870. The summed E-state index contributed by atoms with van der Waals surface area (Å²) >= 11 is 0. The number of imide groups is 1. The average Bonchev–Trinajstić information content (AvgIpc) is 3.54. The third-order valence-electron chi connectivity index (χ3n) is 6.56. The van der Waals surface area contributed by atoms with Crippen LogP contribution in [0, 0.1) is 11.7 Å². The first-order chi connectivity index (χ1) is 13.8. The van der Waals surface area contributed by atoms with Crippen molar-refractivity contribution in [3.8, 4) is 0 Å². The van der Waals surface area contributed by atoms with Gasteiger partial charge in [0.15, 0.2) is 0 Å². The number of nitrogens with zero attached hydrogens (tertiary/aromatic N) is 3. The number of hydrogen-bond acceptors (Lipinski definition) is 4. The second-order valence-electron chi connectivity index (χ2n) is 8.41. The summed E-state index contributed by atoms with van der Waals surface area (Å²) in [5.74, 6) is -0.588. The fourth-order valence-electron chi connectivity index (χ4n) is 4.40. The quantitative estimate of drug-likeness (QED) is 0.762. The van der Waals surface area contributed by atoms with E-state index in [0.29, 0.717) is 31.7 Å². The van der Waals surface area contributed by atoms with Crippen molar-refractivity contribution in [1.29, 1.82) is 0 Å². The second kappa shape index (κ2) is 7.40. The summed E-state index contributed by atoms with van der Waals surface area (Å²) in [6.45, 7) is 5.68. The van der Waals surface area contributed by atoms with Crippen LogP contribution in [0.2, 0.25) is 0 Å². The van der Waals surface area contributed by atoms with E-state index in [1.54, 1.807) is 24.0 Å². The molecule has 4 rings (SSSR count). The lowest BCUT2D eigenvalue weighted by Gasteiger charge is -2.38. The molecule has 0 spiro atoms. The smallest absolute Gasteiger partial charge is 0.325 e. The van der Waals surface area contributed by atoms with Gasteiger partial charge in [-0.25, -0.2) is 9.18 Å². The van der Waals surface area contributed by atoms with Gasteiger partial charge in [-0.05, 0) is 38.7 Å². The lowest BCUT2D eigenvalue weighted by molar-refractivity contribution is -0.140. The second-order valence-corrected chi connectivity index (χ2v) is 8.41. The number of amides is 4. The monoisotopic (exact) mass is 402 g/mol. The molecule has 0 bridgehead atoms. The van der Waals surface area contributed by atoms with Gasteiger partial charge < -0.3 is 10.2 Å². The van der Waals surface area contributed by atoms with Gasteiger partial charge >= 0.3 is 6.03 Å². The minimum Gasteiger partial charge on any atom is -0.339 e. The first-order valence-corrected chi connectivity index (χ1v) is 10.2. The van der Waals surface area contributed by atoms with Crippen LogP contribution in [0.5, 0.6) is 0 Å². The number of hydrogen-bond donors (Lipinski definition) is 1. The normalized spacial score (nSPS) is 26.6. The fourth-order valence-corrected chi connectivity index (χ4v) is 4.40. The molecule has 2 heterocycles. The average molecular weight is 402 g/mol. The number of carbonyl (C=O) groups excluding carboxylic acids is 3. The SMILES string of the molecule is CC(c1ccccc1F)N1CCN(C(=O)CN2C(=O)NC(C)(C3CC3)C2=O)CC1. The van der Waals surface area contributed by atoms with Crippen LogP contribution in [-0.2, 0) is 9.59 Å². The van der Waals surface area contributed by atoms with E-state index in [-0.39, 0.29) is 36.1 Å². The van der Waals surface area contributed by atoms with Gasteiger partial charge in [0.05, 0.1) is 0 Å². The summed E-state index contributed by atoms with van der Waals surface area (Å²) in [4.78, 5) is 42.5. The molecule has 0 radical (unpaired) electrons. The Morgan fingerprint density at radius 2 is 1.86 bits per heavy atom. The zero-order valence-electron chi connectivity index (χ0n) is 16.9. The van der Waals surface area contributed by atoms with E-state index < -0.39 is 11.6 Å². The maximum atomic E-state index is 14.1. The molecule has 2 saturated heterocycles. The summed E-state index contributed by atoms with van der Waals surface area (Å²) in [5, 5.41) is 2.77. The van der Waals surface area contributed by atoms with Gasteiger partial charge in [-0.3, -0.25) is 19.4 Å². The Labute approximate surface area is 169 Å². The van der Waals surface area contributed by atoms with Crippen molar-refractivity contribution in [2.24, 2.45) is 5.92 Å². The summed E-state index contributed by atoms with van der Waals surface area (Å²) < 4.78 is 14.1. The predicted molar refractivity (Wildman–Crippen MR) is 104 cm³/mol. The number of rotatable bonds is 5. The molecule has 4 amide bonds.